The van der Waals surface area contributed by atoms with E-state index in [1.165, 1.54) is 6.20 Å². The minimum Gasteiger partial charge on any atom is -0.386 e. The Hall–Kier alpha value is -1.82. The molecule has 0 aliphatic heterocycles. The Morgan fingerprint density at radius 3 is 2.40 bits per heavy atom. The number of hydrogen-bond acceptors (Lipinski definition) is 2. The van der Waals surface area contributed by atoms with E-state index in [4.69, 9.17) is 0 Å². The Kier molecular flexibility index (Phi) is 5.93. The summed E-state index contributed by atoms with van der Waals surface area (Å²) in [6.07, 6.45) is 1.80. The number of rotatable bonds is 3. The van der Waals surface area contributed by atoms with Crippen LogP contribution in [0.5, 0.6) is 0 Å². The van der Waals surface area contributed by atoms with E-state index in [0.29, 0.717) is 29.8 Å². The lowest BCUT2D eigenvalue weighted by Gasteiger charge is -2.29. The number of nitrogens with one attached hydrogen (secondary N) is 1. The fraction of sp³-hybridized carbons (Fsp3) is 0.389. The Labute approximate surface area is 150 Å². The normalized spacial score (nSPS) is 17.0. The van der Waals surface area contributed by atoms with Crippen molar-refractivity contribution in [2.75, 3.05) is 12.4 Å². The van der Waals surface area contributed by atoms with Crippen LogP contribution in [0.3, 0.4) is 0 Å². The molecule has 25 heavy (non-hydrogen) atoms. The van der Waals surface area contributed by atoms with Gasteiger partial charge in [0, 0.05) is 43.1 Å². The first-order valence-electron chi connectivity index (χ1n) is 7.91. The fourth-order valence-corrected chi connectivity index (χ4v) is 3.29. The van der Waals surface area contributed by atoms with Crippen LogP contribution in [-0.4, -0.2) is 18.0 Å². The van der Waals surface area contributed by atoms with Crippen molar-refractivity contribution >= 4 is 18.1 Å². The van der Waals surface area contributed by atoms with Gasteiger partial charge in [0.1, 0.15) is 11.6 Å². The molecule has 1 aliphatic rings. The van der Waals surface area contributed by atoms with E-state index >= 15 is 0 Å². The van der Waals surface area contributed by atoms with Crippen molar-refractivity contribution in [1.82, 2.24) is 4.98 Å². The molecule has 0 radical (unpaired) electrons. The van der Waals surface area contributed by atoms with Crippen molar-refractivity contribution in [3.8, 4) is 11.1 Å². The van der Waals surface area contributed by atoms with E-state index in [0.717, 1.165) is 18.2 Å². The molecule has 1 heterocycles. The van der Waals surface area contributed by atoms with Crippen LogP contribution in [-0.2, 0) is 0 Å². The molecule has 3 rings (SSSR count). The summed E-state index contributed by atoms with van der Waals surface area (Å²) in [5.41, 5.74) is 1.81. The lowest BCUT2D eigenvalue weighted by molar-refractivity contribution is -0.0384. The summed E-state index contributed by atoms with van der Waals surface area (Å²) in [4.78, 5) is 4.34. The van der Waals surface area contributed by atoms with Crippen LogP contribution in [0, 0.1) is 11.6 Å². The predicted octanol–water partition coefficient (Wildman–Crippen LogP) is 5.78. The predicted molar refractivity (Wildman–Crippen MR) is 92.5 cm³/mol. The SMILES string of the molecule is CNc1c(-c2cc(F)ccc2F)ccnc1C1CCC(F)(F)CC1.Cl. The van der Waals surface area contributed by atoms with E-state index in [1.54, 1.807) is 13.1 Å². The van der Waals surface area contributed by atoms with Crippen LogP contribution in [0.25, 0.3) is 11.1 Å². The maximum absolute atomic E-state index is 14.1. The van der Waals surface area contributed by atoms with Gasteiger partial charge in [-0.2, -0.15) is 0 Å². The van der Waals surface area contributed by atoms with Crippen LogP contribution in [0.1, 0.15) is 37.3 Å². The van der Waals surface area contributed by atoms with E-state index in [-0.39, 0.29) is 36.7 Å². The number of pyridine rings is 1. The molecular formula is C18H19ClF4N2. The summed E-state index contributed by atoms with van der Waals surface area (Å²) < 4.78 is 54.4. The summed E-state index contributed by atoms with van der Waals surface area (Å²) in [5, 5.41) is 2.99. The van der Waals surface area contributed by atoms with Crippen molar-refractivity contribution in [1.29, 1.82) is 0 Å². The van der Waals surface area contributed by atoms with E-state index < -0.39 is 17.6 Å². The highest BCUT2D eigenvalue weighted by Gasteiger charge is 2.36. The van der Waals surface area contributed by atoms with Crippen LogP contribution in [0.4, 0.5) is 23.2 Å². The molecule has 0 amide bonds. The fourth-order valence-electron chi connectivity index (χ4n) is 3.29. The second-order valence-corrected chi connectivity index (χ2v) is 6.12. The summed E-state index contributed by atoms with van der Waals surface area (Å²) in [6, 6.07) is 4.86. The van der Waals surface area contributed by atoms with Gasteiger partial charge in [-0.1, -0.05) is 0 Å². The monoisotopic (exact) mass is 374 g/mol. The number of anilines is 1. The molecule has 1 N–H and O–H groups in total. The number of halogens is 5. The standard InChI is InChI=1S/C18H18F4N2.ClH/c1-23-17-13(14-10-12(19)2-3-15(14)20)6-9-24-16(17)11-4-7-18(21,22)8-5-11;/h2-3,6,9-11,23H,4-5,7-8H2,1H3;1H. The zero-order valence-corrected chi connectivity index (χ0v) is 14.5. The summed E-state index contributed by atoms with van der Waals surface area (Å²) in [7, 11) is 1.67. The van der Waals surface area contributed by atoms with E-state index in [2.05, 4.69) is 10.3 Å². The van der Waals surface area contributed by atoms with Crippen LogP contribution < -0.4 is 5.32 Å². The van der Waals surface area contributed by atoms with Crippen molar-refractivity contribution < 1.29 is 17.6 Å². The van der Waals surface area contributed by atoms with Crippen molar-refractivity contribution in [2.24, 2.45) is 0 Å². The Morgan fingerprint density at radius 2 is 1.76 bits per heavy atom. The highest BCUT2D eigenvalue weighted by Crippen LogP contribution is 2.44. The van der Waals surface area contributed by atoms with Crippen LogP contribution >= 0.6 is 12.4 Å². The second kappa shape index (κ2) is 7.60. The molecule has 0 bridgehead atoms. The van der Waals surface area contributed by atoms with Gasteiger partial charge in [0.05, 0.1) is 11.4 Å². The molecule has 1 aromatic carbocycles. The van der Waals surface area contributed by atoms with Crippen molar-refractivity contribution in [3.05, 3.63) is 47.8 Å². The molecule has 2 nitrogen and oxygen atoms in total. The highest BCUT2D eigenvalue weighted by molar-refractivity contribution is 5.85. The van der Waals surface area contributed by atoms with Gasteiger partial charge in [0.15, 0.2) is 0 Å². The zero-order chi connectivity index (χ0) is 17.3. The van der Waals surface area contributed by atoms with Gasteiger partial charge in [0.25, 0.3) is 0 Å². The molecule has 0 saturated heterocycles. The van der Waals surface area contributed by atoms with Crippen LogP contribution in [0.2, 0.25) is 0 Å². The average molecular weight is 375 g/mol. The third-order valence-electron chi connectivity index (χ3n) is 4.55. The topological polar surface area (TPSA) is 24.9 Å². The van der Waals surface area contributed by atoms with Crippen LogP contribution in [0.15, 0.2) is 30.5 Å². The molecule has 1 aromatic heterocycles. The molecule has 1 aliphatic carbocycles. The molecule has 2 aromatic rings. The molecule has 0 spiro atoms. The summed E-state index contributed by atoms with van der Waals surface area (Å²) in [5.74, 6) is -3.82. The Bertz CT molecular complexity index is 742. The van der Waals surface area contributed by atoms with Gasteiger partial charge in [-0.25, -0.2) is 17.6 Å². The molecule has 0 atom stereocenters. The van der Waals surface area contributed by atoms with Gasteiger partial charge < -0.3 is 5.32 Å². The molecule has 1 saturated carbocycles. The molecule has 1 fully saturated rings. The van der Waals surface area contributed by atoms with E-state index in [1.807, 2.05) is 0 Å². The molecule has 7 heteroatoms. The van der Waals surface area contributed by atoms with Gasteiger partial charge >= 0.3 is 0 Å². The first-order chi connectivity index (χ1) is 11.4. The average Bonchev–Trinajstić information content (AvgIpc) is 2.56. The second-order valence-electron chi connectivity index (χ2n) is 6.12. The third kappa shape index (κ3) is 4.06. The van der Waals surface area contributed by atoms with E-state index in [9.17, 15) is 17.6 Å². The molecule has 0 unspecified atom stereocenters. The van der Waals surface area contributed by atoms with Gasteiger partial charge in [-0.15, -0.1) is 12.4 Å². The van der Waals surface area contributed by atoms with Gasteiger partial charge in [-0.05, 0) is 37.1 Å². The Balaban J connectivity index is 0.00000225. The number of benzene rings is 1. The zero-order valence-electron chi connectivity index (χ0n) is 13.7. The number of alkyl halides is 2. The summed E-state index contributed by atoms with van der Waals surface area (Å²) >= 11 is 0. The summed E-state index contributed by atoms with van der Waals surface area (Å²) in [6.45, 7) is 0. The maximum Gasteiger partial charge on any atom is 0.248 e. The largest absolute Gasteiger partial charge is 0.386 e. The van der Waals surface area contributed by atoms with Crippen molar-refractivity contribution in [3.63, 3.8) is 0 Å². The van der Waals surface area contributed by atoms with Gasteiger partial charge in [0.2, 0.25) is 5.92 Å². The molecular weight excluding hydrogens is 356 g/mol. The maximum atomic E-state index is 14.1. The van der Waals surface area contributed by atoms with Gasteiger partial charge in [-0.3, -0.25) is 4.98 Å². The number of aromatic nitrogens is 1. The van der Waals surface area contributed by atoms with Crippen molar-refractivity contribution in [2.45, 2.75) is 37.5 Å². The minimum atomic E-state index is -2.62. The number of nitrogens with zero attached hydrogens (tertiary/aromatic N) is 1. The third-order valence-corrected chi connectivity index (χ3v) is 4.55. The first-order valence-corrected chi connectivity index (χ1v) is 7.91. The highest BCUT2D eigenvalue weighted by atomic mass is 35.5. The lowest BCUT2D eigenvalue weighted by Crippen LogP contribution is -2.24. The Morgan fingerprint density at radius 1 is 1.08 bits per heavy atom. The quantitative estimate of drug-likeness (QED) is 0.688. The smallest absolute Gasteiger partial charge is 0.248 e. The lowest BCUT2D eigenvalue weighted by atomic mass is 9.83. The minimum absolute atomic E-state index is 0. The first kappa shape index (κ1) is 19.5. The molecule has 136 valence electrons. The number of hydrogen-bond donors (Lipinski definition) is 1.